The number of rotatable bonds is 3. The van der Waals surface area contributed by atoms with E-state index in [1.165, 1.54) is 54.7 Å². The maximum absolute atomic E-state index is 13.2. The lowest BCUT2D eigenvalue weighted by molar-refractivity contribution is -0.384. The Labute approximate surface area is 166 Å². The summed E-state index contributed by atoms with van der Waals surface area (Å²) in [5.41, 5.74) is -1.00. The molecule has 0 atom stereocenters. The smallest absolute Gasteiger partial charge is 0.267 e. The zero-order chi connectivity index (χ0) is 21.5. The maximum Gasteiger partial charge on any atom is 0.416 e. The van der Waals surface area contributed by atoms with Gasteiger partial charge in [-0.2, -0.15) is 23.0 Å². The quantitative estimate of drug-likeness (QED) is 0.368. The Morgan fingerprint density at radius 2 is 1.73 bits per heavy atom. The molecule has 0 fully saturated rings. The molecule has 0 bridgehead atoms. The molecule has 7 nitrogen and oxygen atoms in total. The van der Waals surface area contributed by atoms with Gasteiger partial charge in [-0.25, -0.2) is 0 Å². The van der Waals surface area contributed by atoms with Crippen molar-refractivity contribution in [2.45, 2.75) is 6.18 Å². The summed E-state index contributed by atoms with van der Waals surface area (Å²) in [7, 11) is 0. The minimum absolute atomic E-state index is 0.0784. The molecule has 4 rings (SSSR count). The maximum atomic E-state index is 13.2. The summed E-state index contributed by atoms with van der Waals surface area (Å²) in [5.74, 6) is 0. The number of alkyl halides is 3. The molecular formula is C20H11F3N4O3. The van der Waals surface area contributed by atoms with Gasteiger partial charge in [-0.05, 0) is 36.4 Å². The van der Waals surface area contributed by atoms with Crippen molar-refractivity contribution in [2.24, 2.45) is 0 Å². The van der Waals surface area contributed by atoms with Crippen molar-refractivity contribution in [1.29, 1.82) is 0 Å². The zero-order valence-electron chi connectivity index (χ0n) is 15.0. The third-order valence-corrected chi connectivity index (χ3v) is 4.42. The van der Waals surface area contributed by atoms with Gasteiger partial charge in [-0.1, -0.05) is 12.1 Å². The number of fused-ring (bicyclic) bond motifs is 1. The second-order valence-corrected chi connectivity index (χ2v) is 6.32. The Kier molecular flexibility index (Phi) is 4.53. The first-order valence-electron chi connectivity index (χ1n) is 8.56. The van der Waals surface area contributed by atoms with Gasteiger partial charge in [0, 0.05) is 23.9 Å². The molecule has 0 amide bonds. The van der Waals surface area contributed by atoms with Crippen LogP contribution < -0.4 is 5.56 Å². The summed E-state index contributed by atoms with van der Waals surface area (Å²) >= 11 is 0. The molecule has 2 aromatic heterocycles. The molecule has 0 N–H and O–H groups in total. The molecule has 2 aromatic carbocycles. The third kappa shape index (κ3) is 3.39. The van der Waals surface area contributed by atoms with E-state index in [4.69, 9.17) is 0 Å². The number of hydrogen-bond donors (Lipinski definition) is 0. The van der Waals surface area contributed by atoms with Crippen LogP contribution in [0.2, 0.25) is 0 Å². The highest BCUT2D eigenvalue weighted by molar-refractivity contribution is 5.90. The molecule has 0 saturated carbocycles. The molecule has 0 aliphatic carbocycles. The van der Waals surface area contributed by atoms with Gasteiger partial charge in [0.05, 0.1) is 21.6 Å². The van der Waals surface area contributed by atoms with E-state index in [9.17, 15) is 28.1 Å². The minimum atomic E-state index is -4.55. The summed E-state index contributed by atoms with van der Waals surface area (Å²) in [5, 5.41) is 15.3. The van der Waals surface area contributed by atoms with Gasteiger partial charge in [0.15, 0.2) is 0 Å². The van der Waals surface area contributed by atoms with Crippen molar-refractivity contribution < 1.29 is 18.1 Å². The molecule has 2 heterocycles. The van der Waals surface area contributed by atoms with Crippen LogP contribution in [0.4, 0.5) is 18.9 Å². The van der Waals surface area contributed by atoms with E-state index in [1.807, 2.05) is 0 Å². The van der Waals surface area contributed by atoms with E-state index in [0.29, 0.717) is 0 Å². The van der Waals surface area contributed by atoms with E-state index in [-0.39, 0.29) is 33.5 Å². The number of benzene rings is 2. The molecular weight excluding hydrogens is 401 g/mol. The van der Waals surface area contributed by atoms with Crippen molar-refractivity contribution in [3.05, 3.63) is 92.9 Å². The topological polar surface area (TPSA) is 90.9 Å². The van der Waals surface area contributed by atoms with Gasteiger partial charge < -0.3 is 0 Å². The first-order valence-corrected chi connectivity index (χ1v) is 8.56. The van der Waals surface area contributed by atoms with Crippen LogP contribution in [0.15, 0.2) is 71.7 Å². The van der Waals surface area contributed by atoms with E-state index in [1.54, 1.807) is 0 Å². The van der Waals surface area contributed by atoms with E-state index in [0.717, 1.165) is 16.8 Å². The minimum Gasteiger partial charge on any atom is -0.267 e. The SMILES string of the molecule is O=c1c2cccnc2c(-c2cccc(C(F)(F)F)c2)nn1-c1ccc([N+](=O)[O-])cc1. The molecule has 30 heavy (non-hydrogen) atoms. The fourth-order valence-corrected chi connectivity index (χ4v) is 3.00. The lowest BCUT2D eigenvalue weighted by Gasteiger charge is -2.12. The molecule has 0 aliphatic heterocycles. The largest absolute Gasteiger partial charge is 0.416 e. The molecule has 0 aliphatic rings. The lowest BCUT2D eigenvalue weighted by Crippen LogP contribution is -2.22. The standard InChI is InChI=1S/C20H11F3N4O3/c21-20(22,23)13-4-1-3-12(11-13)17-18-16(5-2-10-24-18)19(28)26(25-17)14-6-8-15(9-7-14)27(29)30/h1-11H. The first-order chi connectivity index (χ1) is 14.3. The van der Waals surface area contributed by atoms with Crippen LogP contribution in [0.5, 0.6) is 0 Å². The average Bonchev–Trinajstić information content (AvgIpc) is 2.74. The second-order valence-electron chi connectivity index (χ2n) is 6.32. The highest BCUT2D eigenvalue weighted by Gasteiger charge is 2.31. The fraction of sp³-hybridized carbons (Fsp3) is 0.0500. The van der Waals surface area contributed by atoms with Gasteiger partial charge in [0.25, 0.3) is 11.2 Å². The lowest BCUT2D eigenvalue weighted by atomic mass is 10.1. The Hall–Kier alpha value is -4.08. The van der Waals surface area contributed by atoms with Crippen LogP contribution in [0.3, 0.4) is 0 Å². The molecule has 10 heteroatoms. The van der Waals surface area contributed by atoms with Gasteiger partial charge in [-0.3, -0.25) is 19.9 Å². The zero-order valence-corrected chi connectivity index (χ0v) is 15.0. The number of halogens is 3. The van der Waals surface area contributed by atoms with Gasteiger partial charge >= 0.3 is 6.18 Å². The predicted molar refractivity (Wildman–Crippen MR) is 102 cm³/mol. The molecule has 0 radical (unpaired) electrons. The molecule has 0 spiro atoms. The van der Waals surface area contributed by atoms with Crippen molar-refractivity contribution in [3.63, 3.8) is 0 Å². The first kappa shape index (κ1) is 19.2. The summed E-state index contributed by atoms with van der Waals surface area (Å²) in [6.45, 7) is 0. The summed E-state index contributed by atoms with van der Waals surface area (Å²) in [4.78, 5) is 27.3. The van der Waals surface area contributed by atoms with Crippen molar-refractivity contribution in [1.82, 2.24) is 14.8 Å². The Morgan fingerprint density at radius 1 is 1.00 bits per heavy atom. The summed E-state index contributed by atoms with van der Waals surface area (Å²) in [6, 6.07) is 12.7. The number of nitro groups is 1. The Bertz CT molecular complexity index is 1330. The monoisotopic (exact) mass is 412 g/mol. The van der Waals surface area contributed by atoms with Gasteiger partial charge in [0.1, 0.15) is 11.2 Å². The predicted octanol–water partition coefficient (Wildman–Crippen LogP) is 4.37. The fourth-order valence-electron chi connectivity index (χ4n) is 3.00. The highest BCUT2D eigenvalue weighted by atomic mass is 19.4. The number of pyridine rings is 1. The second kappa shape index (κ2) is 7.07. The van der Waals surface area contributed by atoms with Gasteiger partial charge in [0.2, 0.25) is 0 Å². The average molecular weight is 412 g/mol. The number of nitrogens with zero attached hydrogens (tertiary/aromatic N) is 4. The highest BCUT2D eigenvalue weighted by Crippen LogP contribution is 2.33. The van der Waals surface area contributed by atoms with Crippen molar-refractivity contribution in [2.75, 3.05) is 0 Å². The Balaban J connectivity index is 1.98. The van der Waals surface area contributed by atoms with Crippen LogP contribution in [0.25, 0.3) is 27.8 Å². The number of non-ortho nitro benzene ring substituents is 1. The van der Waals surface area contributed by atoms with Crippen molar-refractivity contribution in [3.8, 4) is 16.9 Å². The van der Waals surface area contributed by atoms with E-state index < -0.39 is 22.2 Å². The summed E-state index contributed by atoms with van der Waals surface area (Å²) < 4.78 is 40.5. The van der Waals surface area contributed by atoms with Crippen LogP contribution in [0.1, 0.15) is 5.56 Å². The molecule has 4 aromatic rings. The molecule has 0 saturated heterocycles. The molecule has 150 valence electrons. The third-order valence-electron chi connectivity index (χ3n) is 4.42. The van der Waals surface area contributed by atoms with Crippen LogP contribution in [-0.4, -0.2) is 19.7 Å². The number of aromatic nitrogens is 3. The van der Waals surface area contributed by atoms with Crippen LogP contribution >= 0.6 is 0 Å². The van der Waals surface area contributed by atoms with Crippen LogP contribution in [-0.2, 0) is 6.18 Å². The van der Waals surface area contributed by atoms with E-state index >= 15 is 0 Å². The molecule has 0 unspecified atom stereocenters. The van der Waals surface area contributed by atoms with Crippen LogP contribution in [0, 0.1) is 10.1 Å². The Morgan fingerprint density at radius 3 is 2.40 bits per heavy atom. The number of nitro benzene ring substituents is 1. The summed E-state index contributed by atoms with van der Waals surface area (Å²) in [6.07, 6.45) is -3.14. The van der Waals surface area contributed by atoms with Crippen molar-refractivity contribution >= 4 is 16.6 Å². The number of hydrogen-bond acceptors (Lipinski definition) is 5. The van der Waals surface area contributed by atoms with Gasteiger partial charge in [-0.15, -0.1) is 0 Å². The van der Waals surface area contributed by atoms with E-state index in [2.05, 4.69) is 10.1 Å². The normalized spacial score (nSPS) is 11.6.